The first-order chi connectivity index (χ1) is 8.54. The summed E-state index contributed by atoms with van der Waals surface area (Å²) in [4.78, 5) is 11.8. The maximum Gasteiger partial charge on any atom is 0.238 e. The summed E-state index contributed by atoms with van der Waals surface area (Å²) in [6, 6.07) is 4.01. The van der Waals surface area contributed by atoms with Gasteiger partial charge >= 0.3 is 0 Å². The van der Waals surface area contributed by atoms with E-state index in [1.807, 2.05) is 26.0 Å². The summed E-state index contributed by atoms with van der Waals surface area (Å²) in [6.45, 7) is 7.39. The van der Waals surface area contributed by atoms with Crippen LogP contribution in [0.1, 0.15) is 30.9 Å². The molecule has 18 heavy (non-hydrogen) atoms. The molecule has 0 bridgehead atoms. The maximum absolute atomic E-state index is 11.8. The van der Waals surface area contributed by atoms with E-state index in [1.54, 1.807) is 0 Å². The molecule has 0 aliphatic carbocycles. The van der Waals surface area contributed by atoms with E-state index in [-0.39, 0.29) is 5.91 Å². The van der Waals surface area contributed by atoms with Crippen molar-refractivity contribution in [2.75, 3.05) is 18.4 Å². The lowest BCUT2D eigenvalue weighted by molar-refractivity contribution is -0.115. The largest absolute Gasteiger partial charge is 0.324 e. The molecule has 0 fully saturated rings. The van der Waals surface area contributed by atoms with Crippen molar-refractivity contribution >= 4 is 27.5 Å². The summed E-state index contributed by atoms with van der Waals surface area (Å²) in [6.07, 6.45) is 2.24. The van der Waals surface area contributed by atoms with Crippen molar-refractivity contribution < 1.29 is 4.79 Å². The van der Waals surface area contributed by atoms with Gasteiger partial charge in [0, 0.05) is 10.2 Å². The van der Waals surface area contributed by atoms with Crippen molar-refractivity contribution in [2.45, 2.75) is 33.6 Å². The first kappa shape index (κ1) is 15.2. The summed E-state index contributed by atoms with van der Waals surface area (Å²) >= 11 is 3.45. The van der Waals surface area contributed by atoms with E-state index in [1.165, 1.54) is 0 Å². The summed E-state index contributed by atoms with van der Waals surface area (Å²) in [5.74, 6) is 0.0135. The van der Waals surface area contributed by atoms with Crippen LogP contribution in [0.5, 0.6) is 0 Å². The van der Waals surface area contributed by atoms with Gasteiger partial charge in [-0.25, -0.2) is 0 Å². The molecular weight excluding hydrogens is 292 g/mol. The molecule has 4 heteroatoms. The van der Waals surface area contributed by atoms with Gasteiger partial charge in [-0.3, -0.25) is 4.79 Å². The molecule has 0 aromatic heterocycles. The number of aryl methyl sites for hydroxylation is 2. The van der Waals surface area contributed by atoms with Gasteiger partial charge in [-0.05, 0) is 50.1 Å². The normalized spacial score (nSPS) is 10.4. The second-order valence-corrected chi connectivity index (χ2v) is 5.41. The summed E-state index contributed by atoms with van der Waals surface area (Å²) in [7, 11) is 0. The molecule has 0 atom stereocenters. The van der Waals surface area contributed by atoms with Crippen LogP contribution in [0.3, 0.4) is 0 Å². The molecule has 1 aromatic carbocycles. The van der Waals surface area contributed by atoms with Gasteiger partial charge < -0.3 is 10.6 Å². The predicted molar refractivity (Wildman–Crippen MR) is 80.0 cm³/mol. The first-order valence-electron chi connectivity index (χ1n) is 6.32. The van der Waals surface area contributed by atoms with Gasteiger partial charge in [-0.1, -0.05) is 29.3 Å². The lowest BCUT2D eigenvalue weighted by Crippen LogP contribution is -2.29. The molecular formula is C14H21BrN2O. The SMILES string of the molecule is CCCCNCC(=O)Nc1c(C)cc(Br)cc1C. The highest BCUT2D eigenvalue weighted by Crippen LogP contribution is 2.24. The van der Waals surface area contributed by atoms with Crippen LogP contribution in [0.25, 0.3) is 0 Å². The zero-order valence-corrected chi connectivity index (χ0v) is 12.9. The molecule has 100 valence electrons. The second kappa shape index (κ2) is 7.54. The third-order valence-electron chi connectivity index (χ3n) is 2.75. The summed E-state index contributed by atoms with van der Waals surface area (Å²) in [5.41, 5.74) is 3.06. The van der Waals surface area contributed by atoms with Crippen LogP contribution in [0.15, 0.2) is 16.6 Å². The lowest BCUT2D eigenvalue weighted by Gasteiger charge is -2.12. The molecule has 0 heterocycles. The van der Waals surface area contributed by atoms with Crippen molar-refractivity contribution in [3.63, 3.8) is 0 Å². The smallest absolute Gasteiger partial charge is 0.238 e. The molecule has 0 aliphatic rings. The Bertz CT molecular complexity index is 395. The number of nitrogens with one attached hydrogen (secondary N) is 2. The fraction of sp³-hybridized carbons (Fsp3) is 0.500. The second-order valence-electron chi connectivity index (χ2n) is 4.49. The topological polar surface area (TPSA) is 41.1 Å². The first-order valence-corrected chi connectivity index (χ1v) is 7.11. The van der Waals surface area contributed by atoms with Gasteiger partial charge in [0.05, 0.1) is 6.54 Å². The van der Waals surface area contributed by atoms with Crippen molar-refractivity contribution in [2.24, 2.45) is 0 Å². The van der Waals surface area contributed by atoms with Crippen molar-refractivity contribution in [3.05, 3.63) is 27.7 Å². The number of unbranched alkanes of at least 4 members (excludes halogenated alkanes) is 1. The molecule has 0 saturated heterocycles. The standard InChI is InChI=1S/C14H21BrN2O/c1-4-5-6-16-9-13(18)17-14-10(2)7-12(15)8-11(14)3/h7-8,16H,4-6,9H2,1-3H3,(H,17,18). The zero-order chi connectivity index (χ0) is 13.5. The summed E-state index contributed by atoms with van der Waals surface area (Å²) in [5, 5.41) is 6.10. The molecule has 1 aromatic rings. The van der Waals surface area contributed by atoms with Gasteiger partial charge in [0.2, 0.25) is 5.91 Å². The number of hydrogen-bond donors (Lipinski definition) is 2. The van der Waals surface area contributed by atoms with E-state index < -0.39 is 0 Å². The number of rotatable bonds is 6. The molecule has 2 N–H and O–H groups in total. The van der Waals surface area contributed by atoms with Crippen LogP contribution in [0.2, 0.25) is 0 Å². The maximum atomic E-state index is 11.8. The Labute approximate surface area is 117 Å². The van der Waals surface area contributed by atoms with Crippen LogP contribution in [0.4, 0.5) is 5.69 Å². The molecule has 0 radical (unpaired) electrons. The van der Waals surface area contributed by atoms with Crippen molar-refractivity contribution in [1.29, 1.82) is 0 Å². The Morgan fingerprint density at radius 3 is 2.44 bits per heavy atom. The van der Waals surface area contributed by atoms with E-state index in [2.05, 4.69) is 33.5 Å². The molecule has 0 spiro atoms. The minimum absolute atomic E-state index is 0.0135. The minimum atomic E-state index is 0.0135. The molecule has 1 rings (SSSR count). The van der Waals surface area contributed by atoms with E-state index >= 15 is 0 Å². The Kier molecular flexibility index (Phi) is 6.36. The van der Waals surface area contributed by atoms with Gasteiger partial charge in [-0.15, -0.1) is 0 Å². The Hall–Kier alpha value is -0.870. The third kappa shape index (κ3) is 4.78. The summed E-state index contributed by atoms with van der Waals surface area (Å²) < 4.78 is 1.04. The van der Waals surface area contributed by atoms with E-state index in [0.717, 1.165) is 40.7 Å². The van der Waals surface area contributed by atoms with E-state index in [0.29, 0.717) is 6.54 Å². The van der Waals surface area contributed by atoms with E-state index in [9.17, 15) is 4.79 Å². The fourth-order valence-electron chi connectivity index (χ4n) is 1.80. The third-order valence-corrected chi connectivity index (χ3v) is 3.21. The highest BCUT2D eigenvalue weighted by atomic mass is 79.9. The Morgan fingerprint density at radius 2 is 1.89 bits per heavy atom. The number of carbonyl (C=O) groups is 1. The number of halogens is 1. The fourth-order valence-corrected chi connectivity index (χ4v) is 2.48. The molecule has 3 nitrogen and oxygen atoms in total. The molecule has 1 amide bonds. The highest BCUT2D eigenvalue weighted by Gasteiger charge is 2.07. The Morgan fingerprint density at radius 1 is 1.28 bits per heavy atom. The van der Waals surface area contributed by atoms with Crippen LogP contribution < -0.4 is 10.6 Å². The highest BCUT2D eigenvalue weighted by molar-refractivity contribution is 9.10. The number of hydrogen-bond acceptors (Lipinski definition) is 2. The van der Waals surface area contributed by atoms with Crippen molar-refractivity contribution in [1.82, 2.24) is 5.32 Å². The minimum Gasteiger partial charge on any atom is -0.324 e. The monoisotopic (exact) mass is 312 g/mol. The van der Waals surface area contributed by atoms with Crippen LogP contribution in [-0.2, 0) is 4.79 Å². The van der Waals surface area contributed by atoms with Gasteiger partial charge in [0.25, 0.3) is 0 Å². The average molecular weight is 313 g/mol. The number of anilines is 1. The van der Waals surface area contributed by atoms with Gasteiger partial charge in [0.1, 0.15) is 0 Å². The zero-order valence-electron chi connectivity index (χ0n) is 11.3. The average Bonchev–Trinajstić information content (AvgIpc) is 2.29. The molecule has 0 saturated carbocycles. The lowest BCUT2D eigenvalue weighted by atomic mass is 10.1. The predicted octanol–water partition coefficient (Wildman–Crippen LogP) is 3.39. The number of amides is 1. The van der Waals surface area contributed by atoms with Crippen LogP contribution in [-0.4, -0.2) is 19.0 Å². The number of carbonyl (C=O) groups excluding carboxylic acids is 1. The van der Waals surface area contributed by atoms with Crippen LogP contribution >= 0.6 is 15.9 Å². The molecule has 0 aliphatic heterocycles. The van der Waals surface area contributed by atoms with Gasteiger partial charge in [0.15, 0.2) is 0 Å². The Balaban J connectivity index is 2.54. The quantitative estimate of drug-likeness (QED) is 0.790. The van der Waals surface area contributed by atoms with E-state index in [4.69, 9.17) is 0 Å². The van der Waals surface area contributed by atoms with Crippen LogP contribution in [0, 0.1) is 13.8 Å². The number of benzene rings is 1. The van der Waals surface area contributed by atoms with Crippen molar-refractivity contribution in [3.8, 4) is 0 Å². The molecule has 0 unspecified atom stereocenters. The van der Waals surface area contributed by atoms with Gasteiger partial charge in [-0.2, -0.15) is 0 Å².